The Hall–Kier alpha value is -3.94. The van der Waals surface area contributed by atoms with Gasteiger partial charge in [0.2, 0.25) is 5.91 Å². The Kier molecular flexibility index (Phi) is 7.24. The van der Waals surface area contributed by atoms with Crippen molar-refractivity contribution in [2.75, 3.05) is 6.54 Å². The van der Waals surface area contributed by atoms with Gasteiger partial charge in [0, 0.05) is 19.6 Å². The van der Waals surface area contributed by atoms with Crippen LogP contribution in [0.3, 0.4) is 0 Å². The first kappa shape index (κ1) is 25.2. The highest BCUT2D eigenvalue weighted by Crippen LogP contribution is 2.29. The third-order valence-electron chi connectivity index (χ3n) is 6.62. The highest BCUT2D eigenvalue weighted by atomic mass is 16.2. The fourth-order valence-corrected chi connectivity index (χ4v) is 4.59. The Balaban J connectivity index is 1.53. The fourth-order valence-electron chi connectivity index (χ4n) is 4.59. The first-order valence-electron chi connectivity index (χ1n) is 12.3. The van der Waals surface area contributed by atoms with Gasteiger partial charge in [-0.3, -0.25) is 14.4 Å². The minimum atomic E-state index is -1.11. The summed E-state index contributed by atoms with van der Waals surface area (Å²) in [5.41, 5.74) is 3.39. The van der Waals surface area contributed by atoms with Gasteiger partial charge < -0.3 is 20.1 Å². The van der Waals surface area contributed by atoms with E-state index in [1.165, 1.54) is 6.33 Å². The first-order valence-corrected chi connectivity index (χ1v) is 12.3. The van der Waals surface area contributed by atoms with Crippen molar-refractivity contribution in [3.8, 4) is 0 Å². The quantitative estimate of drug-likeness (QED) is 0.509. The number of amides is 3. The lowest BCUT2D eigenvalue weighted by atomic mass is 9.93. The summed E-state index contributed by atoms with van der Waals surface area (Å²) in [5.74, 6) is -1.02. The minimum absolute atomic E-state index is 0.0795. The van der Waals surface area contributed by atoms with Crippen LogP contribution in [0.4, 0.5) is 0 Å². The van der Waals surface area contributed by atoms with Crippen LogP contribution in [0.5, 0.6) is 0 Å². The van der Waals surface area contributed by atoms with E-state index in [0.717, 1.165) is 22.3 Å². The van der Waals surface area contributed by atoms with Crippen LogP contribution in [-0.4, -0.2) is 44.3 Å². The fraction of sp³-hybridized carbons (Fsp3) is 0.357. The second kappa shape index (κ2) is 10.4. The number of rotatable bonds is 8. The van der Waals surface area contributed by atoms with Crippen LogP contribution >= 0.6 is 0 Å². The molecule has 1 aliphatic rings. The molecule has 1 atom stereocenters. The molecule has 0 saturated heterocycles. The van der Waals surface area contributed by atoms with E-state index in [1.807, 2.05) is 69.3 Å². The summed E-state index contributed by atoms with van der Waals surface area (Å²) in [6.07, 6.45) is 2.15. The van der Waals surface area contributed by atoms with Crippen LogP contribution in [0.15, 0.2) is 54.9 Å². The Bertz CT molecular complexity index is 1280. The van der Waals surface area contributed by atoms with E-state index in [9.17, 15) is 14.4 Å². The van der Waals surface area contributed by atoms with E-state index in [4.69, 9.17) is 0 Å². The smallest absolute Gasteiger partial charge is 0.273 e. The molecule has 0 radical (unpaired) electrons. The van der Waals surface area contributed by atoms with Crippen molar-refractivity contribution >= 4 is 17.7 Å². The summed E-state index contributed by atoms with van der Waals surface area (Å²) >= 11 is 0. The Morgan fingerprint density at radius 3 is 2.42 bits per heavy atom. The number of aryl methyl sites for hydroxylation is 2. The van der Waals surface area contributed by atoms with Gasteiger partial charge in [-0.1, -0.05) is 66.6 Å². The topological polar surface area (TPSA) is 96.3 Å². The minimum Gasteiger partial charge on any atom is -0.350 e. The third-order valence-corrected chi connectivity index (χ3v) is 6.62. The average molecular weight is 488 g/mol. The number of nitrogens with one attached hydrogen (secondary N) is 2. The van der Waals surface area contributed by atoms with Gasteiger partial charge in [0.15, 0.2) is 5.69 Å². The zero-order valence-corrected chi connectivity index (χ0v) is 21.3. The van der Waals surface area contributed by atoms with Crippen molar-refractivity contribution < 1.29 is 14.4 Å². The second-order valence-electron chi connectivity index (χ2n) is 9.64. The Morgan fingerprint density at radius 1 is 1.00 bits per heavy atom. The van der Waals surface area contributed by atoms with Gasteiger partial charge >= 0.3 is 0 Å². The number of imidazole rings is 1. The lowest BCUT2D eigenvalue weighted by Gasteiger charge is -2.43. The summed E-state index contributed by atoms with van der Waals surface area (Å²) in [5, 5.41) is 5.86. The number of carbonyl (C=O) groups is 3. The van der Waals surface area contributed by atoms with Crippen molar-refractivity contribution in [2.45, 2.75) is 59.3 Å². The molecular weight excluding hydrogens is 454 g/mol. The third kappa shape index (κ3) is 5.03. The monoisotopic (exact) mass is 487 g/mol. The molecule has 1 aromatic heterocycles. The van der Waals surface area contributed by atoms with Crippen molar-refractivity contribution in [1.82, 2.24) is 25.1 Å². The van der Waals surface area contributed by atoms with E-state index < -0.39 is 11.4 Å². The van der Waals surface area contributed by atoms with Crippen molar-refractivity contribution in [1.29, 1.82) is 0 Å². The van der Waals surface area contributed by atoms with Gasteiger partial charge in [-0.25, -0.2) is 4.98 Å². The molecule has 8 heteroatoms. The van der Waals surface area contributed by atoms with Crippen LogP contribution in [0, 0.1) is 13.8 Å². The molecular formula is C28H33N5O3. The number of carbonyl (C=O) groups excluding carboxylic acids is 3. The summed E-state index contributed by atoms with van der Waals surface area (Å²) in [4.78, 5) is 45.9. The van der Waals surface area contributed by atoms with Gasteiger partial charge in [-0.05, 0) is 38.3 Å². The molecule has 8 nitrogen and oxygen atoms in total. The standard InChI is InChI=1S/C28H33N5O3/c1-5-13-33-26(35)24-23(25(34)29-16-22-8-6-7-20(3)14-22)31-18-32(24)17-28(33,4)27(36)30-15-21-11-9-19(2)10-12-21/h6-12,14,18H,5,13,15-17H2,1-4H3,(H,29,34)(H,30,36). The van der Waals surface area contributed by atoms with E-state index in [-0.39, 0.29) is 29.7 Å². The zero-order valence-electron chi connectivity index (χ0n) is 21.3. The van der Waals surface area contributed by atoms with Gasteiger partial charge in [-0.15, -0.1) is 0 Å². The maximum Gasteiger partial charge on any atom is 0.273 e. The average Bonchev–Trinajstić information content (AvgIpc) is 3.28. The number of fused-ring (bicyclic) bond motifs is 1. The first-order chi connectivity index (χ1) is 17.2. The van der Waals surface area contributed by atoms with Gasteiger partial charge in [0.25, 0.3) is 11.8 Å². The molecule has 4 rings (SSSR count). The molecule has 3 amide bonds. The normalized spacial score (nSPS) is 17.0. The van der Waals surface area contributed by atoms with Gasteiger partial charge in [-0.2, -0.15) is 0 Å². The Morgan fingerprint density at radius 2 is 1.72 bits per heavy atom. The zero-order chi connectivity index (χ0) is 25.9. The van der Waals surface area contributed by atoms with Crippen LogP contribution in [0.2, 0.25) is 0 Å². The molecule has 0 aliphatic carbocycles. The highest BCUT2D eigenvalue weighted by molar-refractivity contribution is 6.07. The summed E-state index contributed by atoms with van der Waals surface area (Å²) < 4.78 is 1.63. The predicted octanol–water partition coefficient (Wildman–Crippen LogP) is 3.37. The number of benzene rings is 2. The number of hydrogen-bond donors (Lipinski definition) is 2. The predicted molar refractivity (Wildman–Crippen MR) is 137 cm³/mol. The second-order valence-corrected chi connectivity index (χ2v) is 9.64. The molecule has 1 aliphatic heterocycles. The van der Waals surface area contributed by atoms with Crippen LogP contribution in [-0.2, 0) is 24.4 Å². The molecule has 188 valence electrons. The number of nitrogens with zero attached hydrogens (tertiary/aromatic N) is 3. The van der Waals surface area contributed by atoms with Crippen molar-refractivity contribution in [3.05, 3.63) is 88.5 Å². The van der Waals surface area contributed by atoms with Crippen molar-refractivity contribution in [3.63, 3.8) is 0 Å². The van der Waals surface area contributed by atoms with E-state index >= 15 is 0 Å². The number of hydrogen-bond acceptors (Lipinski definition) is 4. The molecule has 0 spiro atoms. The van der Waals surface area contributed by atoms with E-state index in [1.54, 1.807) is 16.4 Å². The van der Waals surface area contributed by atoms with E-state index in [0.29, 0.717) is 26.1 Å². The Labute approximate surface area is 211 Å². The summed E-state index contributed by atoms with van der Waals surface area (Å²) in [7, 11) is 0. The van der Waals surface area contributed by atoms with Crippen LogP contribution in [0.1, 0.15) is 63.5 Å². The molecule has 2 aromatic carbocycles. The molecule has 1 unspecified atom stereocenters. The molecule has 2 N–H and O–H groups in total. The summed E-state index contributed by atoms with van der Waals surface area (Å²) in [6, 6.07) is 15.8. The molecule has 0 bridgehead atoms. The maximum atomic E-state index is 13.6. The van der Waals surface area contributed by atoms with Crippen LogP contribution in [0.25, 0.3) is 0 Å². The van der Waals surface area contributed by atoms with Crippen LogP contribution < -0.4 is 10.6 Å². The van der Waals surface area contributed by atoms with E-state index in [2.05, 4.69) is 15.6 Å². The maximum absolute atomic E-state index is 13.6. The molecule has 36 heavy (non-hydrogen) atoms. The molecule has 0 fully saturated rings. The lowest BCUT2D eigenvalue weighted by Crippen LogP contribution is -2.64. The summed E-state index contributed by atoms with van der Waals surface area (Å²) in [6.45, 7) is 9.04. The highest BCUT2D eigenvalue weighted by Gasteiger charge is 2.48. The SMILES string of the molecule is CCCN1C(=O)c2c(C(=O)NCc3cccc(C)c3)ncn2CC1(C)C(=O)NCc1ccc(C)cc1. The molecule has 2 heterocycles. The van der Waals surface area contributed by atoms with Gasteiger partial charge in [0.1, 0.15) is 11.2 Å². The molecule has 3 aromatic rings. The number of aromatic nitrogens is 2. The lowest BCUT2D eigenvalue weighted by molar-refractivity contribution is -0.133. The van der Waals surface area contributed by atoms with Gasteiger partial charge in [0.05, 0.1) is 12.9 Å². The largest absolute Gasteiger partial charge is 0.350 e. The van der Waals surface area contributed by atoms with Crippen molar-refractivity contribution in [2.24, 2.45) is 0 Å². The molecule has 0 saturated carbocycles.